The highest BCUT2D eigenvalue weighted by molar-refractivity contribution is 7.89. The van der Waals surface area contributed by atoms with E-state index in [0.717, 1.165) is 10.7 Å². The van der Waals surface area contributed by atoms with Gasteiger partial charge in [0.1, 0.15) is 10.9 Å². The number of aliphatic carboxylic acids is 1. The van der Waals surface area contributed by atoms with Gasteiger partial charge in [0.2, 0.25) is 10.0 Å². The number of hydrogen-bond acceptors (Lipinski definition) is 3. The van der Waals surface area contributed by atoms with Crippen molar-refractivity contribution in [2.45, 2.75) is 36.6 Å². The van der Waals surface area contributed by atoms with Crippen molar-refractivity contribution < 1.29 is 18.3 Å². The molecule has 0 aromatic heterocycles. The van der Waals surface area contributed by atoms with Gasteiger partial charge in [0, 0.05) is 6.54 Å². The molecule has 1 unspecified atom stereocenters. The van der Waals surface area contributed by atoms with E-state index in [0.29, 0.717) is 19.3 Å². The second-order valence-corrected chi connectivity index (χ2v) is 7.52. The van der Waals surface area contributed by atoms with Crippen LogP contribution in [0.5, 0.6) is 0 Å². The minimum Gasteiger partial charge on any atom is -0.480 e. The predicted octanol–water partition coefficient (Wildman–Crippen LogP) is 3.01. The summed E-state index contributed by atoms with van der Waals surface area (Å²) in [6.07, 6.45) is 2.42. The van der Waals surface area contributed by atoms with Crippen molar-refractivity contribution in [1.82, 2.24) is 4.31 Å². The van der Waals surface area contributed by atoms with Gasteiger partial charge in [0.15, 0.2) is 0 Å². The van der Waals surface area contributed by atoms with Crippen molar-refractivity contribution in [3.8, 4) is 0 Å². The fourth-order valence-corrected chi connectivity index (χ4v) is 4.81. The van der Waals surface area contributed by atoms with E-state index in [4.69, 9.17) is 23.2 Å². The van der Waals surface area contributed by atoms with Gasteiger partial charge in [-0.05, 0) is 25.0 Å². The summed E-state index contributed by atoms with van der Waals surface area (Å²) in [6, 6.07) is 3.25. The molecule has 8 heteroatoms. The number of sulfonamides is 1. The third kappa shape index (κ3) is 3.34. The standard InChI is InChI=1S/C13H15Cl2NO4S/c14-9-5-4-7-11(12(9)15)21(19,20)16-8-3-1-2-6-10(16)13(17)18/h4-5,7,10H,1-3,6,8H2,(H,17,18). The maximum atomic E-state index is 12.7. The third-order valence-electron chi connectivity index (χ3n) is 3.49. The molecular weight excluding hydrogens is 337 g/mol. The molecule has 21 heavy (non-hydrogen) atoms. The predicted molar refractivity (Wildman–Crippen MR) is 80.2 cm³/mol. The third-order valence-corrected chi connectivity index (χ3v) is 6.37. The Hall–Kier alpha value is -0.820. The summed E-state index contributed by atoms with van der Waals surface area (Å²) in [4.78, 5) is 11.2. The molecule has 1 aliphatic heterocycles. The van der Waals surface area contributed by atoms with E-state index < -0.39 is 22.0 Å². The lowest BCUT2D eigenvalue weighted by molar-refractivity contribution is -0.141. The van der Waals surface area contributed by atoms with Crippen molar-refractivity contribution in [3.05, 3.63) is 28.2 Å². The number of rotatable bonds is 3. The van der Waals surface area contributed by atoms with Crippen LogP contribution < -0.4 is 0 Å². The average Bonchev–Trinajstić information content (AvgIpc) is 2.67. The van der Waals surface area contributed by atoms with E-state index in [9.17, 15) is 18.3 Å². The Labute approximate surface area is 133 Å². The van der Waals surface area contributed by atoms with Gasteiger partial charge in [-0.1, -0.05) is 42.1 Å². The number of carboxylic acid groups (broad SMARTS) is 1. The number of benzene rings is 1. The lowest BCUT2D eigenvalue weighted by Crippen LogP contribution is -2.44. The SMILES string of the molecule is O=C(O)C1CCCCCN1S(=O)(=O)c1cccc(Cl)c1Cl. The summed E-state index contributed by atoms with van der Waals surface area (Å²) in [7, 11) is -4.00. The molecule has 1 saturated heterocycles. The van der Waals surface area contributed by atoms with Crippen LogP contribution in [0.4, 0.5) is 0 Å². The molecule has 1 atom stereocenters. The normalized spacial score (nSPS) is 21.0. The second-order valence-electron chi connectivity index (χ2n) is 4.87. The van der Waals surface area contributed by atoms with Gasteiger partial charge in [-0.3, -0.25) is 4.79 Å². The molecule has 116 valence electrons. The van der Waals surface area contributed by atoms with E-state index in [2.05, 4.69) is 0 Å². The van der Waals surface area contributed by atoms with Gasteiger partial charge in [-0.2, -0.15) is 4.31 Å². The first-order valence-electron chi connectivity index (χ1n) is 6.54. The van der Waals surface area contributed by atoms with Crippen LogP contribution in [-0.4, -0.2) is 36.4 Å². The van der Waals surface area contributed by atoms with E-state index in [1.165, 1.54) is 18.2 Å². The Balaban J connectivity index is 2.49. The molecule has 0 radical (unpaired) electrons. The van der Waals surface area contributed by atoms with E-state index in [-0.39, 0.29) is 21.5 Å². The summed E-state index contributed by atoms with van der Waals surface area (Å²) >= 11 is 11.8. The van der Waals surface area contributed by atoms with Crippen LogP contribution in [0.2, 0.25) is 10.0 Å². The van der Waals surface area contributed by atoms with Gasteiger partial charge in [-0.25, -0.2) is 8.42 Å². The van der Waals surface area contributed by atoms with Gasteiger partial charge < -0.3 is 5.11 Å². The first-order valence-corrected chi connectivity index (χ1v) is 8.74. The molecule has 0 bridgehead atoms. The quantitative estimate of drug-likeness (QED) is 0.907. The van der Waals surface area contributed by atoms with Gasteiger partial charge in [0.05, 0.1) is 10.0 Å². The Kier molecular flexibility index (Phi) is 5.14. The van der Waals surface area contributed by atoms with Gasteiger partial charge in [0.25, 0.3) is 0 Å². The zero-order valence-electron chi connectivity index (χ0n) is 11.1. The maximum Gasteiger partial charge on any atom is 0.322 e. The van der Waals surface area contributed by atoms with Crippen molar-refractivity contribution >= 4 is 39.2 Å². The monoisotopic (exact) mass is 351 g/mol. The number of carboxylic acids is 1. The summed E-state index contributed by atoms with van der Waals surface area (Å²) in [5, 5.41) is 9.35. The van der Waals surface area contributed by atoms with Crippen molar-refractivity contribution in [3.63, 3.8) is 0 Å². The topological polar surface area (TPSA) is 74.7 Å². The summed E-state index contributed by atoms with van der Waals surface area (Å²) < 4.78 is 26.5. The first kappa shape index (κ1) is 16.5. The van der Waals surface area contributed by atoms with Crippen LogP contribution in [0.1, 0.15) is 25.7 Å². The fraction of sp³-hybridized carbons (Fsp3) is 0.462. The Morgan fingerprint density at radius 2 is 1.95 bits per heavy atom. The minimum atomic E-state index is -4.00. The molecule has 1 aromatic rings. The minimum absolute atomic E-state index is 0.0763. The van der Waals surface area contributed by atoms with E-state index in [1.807, 2.05) is 0 Å². The Morgan fingerprint density at radius 3 is 2.62 bits per heavy atom. The van der Waals surface area contributed by atoms with Crippen LogP contribution in [0.15, 0.2) is 23.1 Å². The van der Waals surface area contributed by atoms with Crippen LogP contribution in [-0.2, 0) is 14.8 Å². The number of halogens is 2. The largest absolute Gasteiger partial charge is 0.480 e. The van der Waals surface area contributed by atoms with Crippen LogP contribution >= 0.6 is 23.2 Å². The van der Waals surface area contributed by atoms with Crippen molar-refractivity contribution in [1.29, 1.82) is 0 Å². The number of carbonyl (C=O) groups is 1. The Bertz CT molecular complexity index is 648. The van der Waals surface area contributed by atoms with Crippen LogP contribution in [0.25, 0.3) is 0 Å². The highest BCUT2D eigenvalue weighted by Gasteiger charge is 2.37. The van der Waals surface area contributed by atoms with Crippen LogP contribution in [0, 0.1) is 0 Å². The zero-order chi connectivity index (χ0) is 15.6. The van der Waals surface area contributed by atoms with Gasteiger partial charge in [-0.15, -0.1) is 0 Å². The highest BCUT2D eigenvalue weighted by Crippen LogP contribution is 2.33. The second kappa shape index (κ2) is 6.52. The average molecular weight is 352 g/mol. The molecule has 0 saturated carbocycles. The summed E-state index contributed by atoms with van der Waals surface area (Å²) in [5.41, 5.74) is 0. The molecule has 1 fully saturated rings. The lowest BCUT2D eigenvalue weighted by atomic mass is 10.1. The molecular formula is C13H15Cl2NO4S. The van der Waals surface area contributed by atoms with E-state index in [1.54, 1.807) is 0 Å². The molecule has 2 rings (SSSR count). The molecule has 0 aliphatic carbocycles. The van der Waals surface area contributed by atoms with E-state index >= 15 is 0 Å². The molecule has 1 aliphatic rings. The van der Waals surface area contributed by atoms with Gasteiger partial charge >= 0.3 is 5.97 Å². The molecule has 5 nitrogen and oxygen atoms in total. The van der Waals surface area contributed by atoms with Crippen LogP contribution in [0.3, 0.4) is 0 Å². The summed E-state index contributed by atoms with van der Waals surface area (Å²) in [5.74, 6) is -1.14. The molecule has 0 spiro atoms. The first-order chi connectivity index (χ1) is 9.85. The molecule has 1 heterocycles. The number of nitrogens with zero attached hydrogens (tertiary/aromatic N) is 1. The smallest absolute Gasteiger partial charge is 0.322 e. The van der Waals surface area contributed by atoms with Crippen molar-refractivity contribution in [2.24, 2.45) is 0 Å². The highest BCUT2D eigenvalue weighted by atomic mass is 35.5. The molecule has 1 aromatic carbocycles. The van der Waals surface area contributed by atoms with Crippen molar-refractivity contribution in [2.75, 3.05) is 6.54 Å². The molecule has 1 N–H and O–H groups in total. The number of hydrogen-bond donors (Lipinski definition) is 1. The molecule has 0 amide bonds. The maximum absolute atomic E-state index is 12.7. The zero-order valence-corrected chi connectivity index (χ0v) is 13.5. The Morgan fingerprint density at radius 1 is 1.24 bits per heavy atom. The summed E-state index contributed by atoms with van der Waals surface area (Å²) in [6.45, 7) is 0.169. The lowest BCUT2D eigenvalue weighted by Gasteiger charge is -2.26. The fourth-order valence-electron chi connectivity index (χ4n) is 2.43.